The van der Waals surface area contributed by atoms with Crippen molar-refractivity contribution in [1.82, 2.24) is 14.7 Å². The van der Waals surface area contributed by atoms with E-state index in [1.807, 2.05) is 4.68 Å². The molecule has 124 valence electrons. The van der Waals surface area contributed by atoms with Crippen LogP contribution in [0.5, 0.6) is 0 Å². The second-order valence-corrected chi connectivity index (χ2v) is 6.39. The molecule has 2 aromatic rings. The number of aromatic nitrogens is 2. The number of ether oxygens (including phenoxy) is 1. The maximum atomic E-state index is 5.85. The number of rotatable bonds is 7. The lowest BCUT2D eigenvalue weighted by atomic mass is 10.1. The van der Waals surface area contributed by atoms with Gasteiger partial charge in [-0.1, -0.05) is 30.3 Å². The monoisotopic (exact) mass is 313 g/mol. The first-order valence-electron chi connectivity index (χ1n) is 8.65. The fourth-order valence-corrected chi connectivity index (χ4v) is 3.22. The van der Waals surface area contributed by atoms with Crippen molar-refractivity contribution in [2.24, 2.45) is 0 Å². The fourth-order valence-electron chi connectivity index (χ4n) is 3.22. The highest BCUT2D eigenvalue weighted by Gasteiger charge is 2.20. The summed E-state index contributed by atoms with van der Waals surface area (Å²) in [6.07, 6.45) is 4.93. The normalized spacial score (nSPS) is 18.0. The summed E-state index contributed by atoms with van der Waals surface area (Å²) in [7, 11) is 0. The van der Waals surface area contributed by atoms with Gasteiger partial charge in [-0.3, -0.25) is 9.58 Å². The van der Waals surface area contributed by atoms with Crippen LogP contribution in [0.1, 0.15) is 36.6 Å². The van der Waals surface area contributed by atoms with Crippen LogP contribution in [0.4, 0.5) is 0 Å². The maximum absolute atomic E-state index is 5.85. The molecule has 1 aliphatic heterocycles. The van der Waals surface area contributed by atoms with Crippen molar-refractivity contribution in [1.29, 1.82) is 0 Å². The predicted molar refractivity (Wildman–Crippen MR) is 92.2 cm³/mol. The van der Waals surface area contributed by atoms with Crippen LogP contribution in [0.3, 0.4) is 0 Å². The number of hydrogen-bond donors (Lipinski definition) is 0. The molecule has 0 unspecified atom stereocenters. The zero-order chi connectivity index (χ0) is 16.1. The van der Waals surface area contributed by atoms with Gasteiger partial charge in [0, 0.05) is 44.5 Å². The first-order valence-corrected chi connectivity index (χ1v) is 8.65. The van der Waals surface area contributed by atoms with Gasteiger partial charge in [0.05, 0.1) is 11.8 Å². The molecule has 1 saturated heterocycles. The van der Waals surface area contributed by atoms with Crippen LogP contribution in [0.2, 0.25) is 0 Å². The van der Waals surface area contributed by atoms with Crippen LogP contribution in [-0.4, -0.2) is 33.9 Å². The number of benzene rings is 1. The Bertz CT molecular complexity index is 602. The Hall–Kier alpha value is -1.65. The van der Waals surface area contributed by atoms with Crippen LogP contribution < -0.4 is 0 Å². The number of hydrogen-bond acceptors (Lipinski definition) is 3. The molecule has 3 rings (SSSR count). The molecule has 4 heteroatoms. The topological polar surface area (TPSA) is 30.3 Å². The van der Waals surface area contributed by atoms with E-state index in [2.05, 4.69) is 60.4 Å². The van der Waals surface area contributed by atoms with Gasteiger partial charge in [-0.25, -0.2) is 0 Å². The molecule has 1 aromatic heterocycles. The van der Waals surface area contributed by atoms with E-state index in [9.17, 15) is 0 Å². The maximum Gasteiger partial charge on any atom is 0.0703 e. The van der Waals surface area contributed by atoms with E-state index in [1.54, 1.807) is 0 Å². The minimum atomic E-state index is 0.375. The first kappa shape index (κ1) is 16.2. The van der Waals surface area contributed by atoms with Gasteiger partial charge in [0.15, 0.2) is 0 Å². The largest absolute Gasteiger partial charge is 0.377 e. The minimum absolute atomic E-state index is 0.375. The lowest BCUT2D eigenvalue weighted by molar-refractivity contribution is 0.0678. The summed E-state index contributed by atoms with van der Waals surface area (Å²) in [6, 6.07) is 10.7. The van der Waals surface area contributed by atoms with Crippen molar-refractivity contribution < 1.29 is 4.74 Å². The minimum Gasteiger partial charge on any atom is -0.377 e. The molecular formula is C19H27N3O. The number of aryl methyl sites for hydroxylation is 2. The molecular weight excluding hydrogens is 286 g/mol. The van der Waals surface area contributed by atoms with Gasteiger partial charge in [-0.05, 0) is 32.3 Å². The highest BCUT2D eigenvalue weighted by Crippen LogP contribution is 2.18. The zero-order valence-corrected chi connectivity index (χ0v) is 14.2. The first-order chi connectivity index (χ1) is 11.2. The summed E-state index contributed by atoms with van der Waals surface area (Å²) in [4.78, 5) is 2.50. The van der Waals surface area contributed by atoms with E-state index in [1.165, 1.54) is 24.0 Å². The molecule has 1 aliphatic rings. The fraction of sp³-hybridized carbons (Fsp3) is 0.526. The van der Waals surface area contributed by atoms with E-state index in [0.717, 1.165) is 38.5 Å². The van der Waals surface area contributed by atoms with Gasteiger partial charge < -0.3 is 4.74 Å². The molecule has 2 heterocycles. The third-order valence-electron chi connectivity index (χ3n) is 4.50. The van der Waals surface area contributed by atoms with Crippen LogP contribution in [0.15, 0.2) is 36.5 Å². The molecule has 0 aliphatic carbocycles. The van der Waals surface area contributed by atoms with E-state index in [-0.39, 0.29) is 0 Å². The molecule has 0 amide bonds. The van der Waals surface area contributed by atoms with E-state index in [4.69, 9.17) is 4.74 Å². The molecule has 0 spiro atoms. The van der Waals surface area contributed by atoms with E-state index >= 15 is 0 Å². The van der Waals surface area contributed by atoms with Crippen LogP contribution in [-0.2, 0) is 24.4 Å². The Labute approximate surface area is 139 Å². The average molecular weight is 313 g/mol. The van der Waals surface area contributed by atoms with E-state index in [0.29, 0.717) is 6.10 Å². The Morgan fingerprint density at radius 1 is 1.26 bits per heavy atom. The molecule has 23 heavy (non-hydrogen) atoms. The molecule has 1 atom stereocenters. The van der Waals surface area contributed by atoms with Crippen molar-refractivity contribution in [3.05, 3.63) is 53.3 Å². The van der Waals surface area contributed by atoms with Gasteiger partial charge in [-0.2, -0.15) is 5.10 Å². The Morgan fingerprint density at radius 3 is 2.74 bits per heavy atom. The molecule has 0 radical (unpaired) electrons. The summed E-state index contributed by atoms with van der Waals surface area (Å²) < 4.78 is 7.88. The summed E-state index contributed by atoms with van der Waals surface area (Å²) in [5, 5.41) is 4.58. The van der Waals surface area contributed by atoms with Crippen LogP contribution in [0.25, 0.3) is 0 Å². The average Bonchev–Trinajstić information content (AvgIpc) is 3.18. The van der Waals surface area contributed by atoms with E-state index < -0.39 is 0 Å². The van der Waals surface area contributed by atoms with Gasteiger partial charge in [-0.15, -0.1) is 0 Å². The SMILES string of the molecule is CCn1cc(CN(Cc2ccccc2)C[C@H]2CCCO2)c(C)n1. The zero-order valence-electron chi connectivity index (χ0n) is 14.2. The molecule has 4 nitrogen and oxygen atoms in total. The van der Waals surface area contributed by atoms with Crippen molar-refractivity contribution in [3.8, 4) is 0 Å². The third-order valence-corrected chi connectivity index (χ3v) is 4.50. The molecule has 0 bridgehead atoms. The number of nitrogens with zero attached hydrogens (tertiary/aromatic N) is 3. The highest BCUT2D eigenvalue weighted by atomic mass is 16.5. The summed E-state index contributed by atoms with van der Waals surface area (Å²) >= 11 is 0. The van der Waals surface area contributed by atoms with Crippen molar-refractivity contribution in [2.45, 2.75) is 52.4 Å². The van der Waals surface area contributed by atoms with Crippen LogP contribution >= 0.6 is 0 Å². The second-order valence-electron chi connectivity index (χ2n) is 6.39. The highest BCUT2D eigenvalue weighted by molar-refractivity contribution is 5.17. The Balaban J connectivity index is 1.71. The Kier molecular flexibility index (Phi) is 5.47. The lowest BCUT2D eigenvalue weighted by Crippen LogP contribution is -2.31. The van der Waals surface area contributed by atoms with Gasteiger partial charge in [0.2, 0.25) is 0 Å². The standard InChI is InChI=1S/C19H27N3O/c1-3-22-14-18(16(2)20-22)13-21(15-19-10-7-11-23-19)12-17-8-5-4-6-9-17/h4-6,8-9,14,19H,3,7,10-13,15H2,1-2H3/t19-/m1/s1. The second kappa shape index (κ2) is 7.75. The third kappa shape index (κ3) is 4.43. The quantitative estimate of drug-likeness (QED) is 0.785. The summed E-state index contributed by atoms with van der Waals surface area (Å²) in [6.45, 7) is 8.95. The van der Waals surface area contributed by atoms with Crippen molar-refractivity contribution >= 4 is 0 Å². The van der Waals surface area contributed by atoms with Crippen molar-refractivity contribution in [3.63, 3.8) is 0 Å². The summed E-state index contributed by atoms with van der Waals surface area (Å²) in [5.74, 6) is 0. The Morgan fingerprint density at radius 2 is 2.09 bits per heavy atom. The molecule has 0 N–H and O–H groups in total. The van der Waals surface area contributed by atoms with Gasteiger partial charge >= 0.3 is 0 Å². The smallest absolute Gasteiger partial charge is 0.0703 e. The van der Waals surface area contributed by atoms with Gasteiger partial charge in [0.25, 0.3) is 0 Å². The van der Waals surface area contributed by atoms with Crippen LogP contribution in [0, 0.1) is 6.92 Å². The van der Waals surface area contributed by atoms with Crippen molar-refractivity contribution in [2.75, 3.05) is 13.2 Å². The summed E-state index contributed by atoms with van der Waals surface area (Å²) in [5.41, 5.74) is 3.81. The molecule has 1 fully saturated rings. The van der Waals surface area contributed by atoms with Gasteiger partial charge in [0.1, 0.15) is 0 Å². The predicted octanol–water partition coefficient (Wildman–Crippen LogP) is 3.39. The molecule has 1 aromatic carbocycles. The lowest BCUT2D eigenvalue weighted by Gasteiger charge is -2.25. The molecule has 0 saturated carbocycles.